The molecule has 1 unspecified atom stereocenters. The SMILES string of the molecule is C[C@@H](C(N[C@@H](CCC(=O)OC(C)(C)C)C(=O)OCc1ccccc1)C(F)(F)F)N(Cc1ccccc1)Cc1ccccc1. The molecule has 0 bridgehead atoms. The molecule has 0 spiro atoms. The lowest BCUT2D eigenvalue weighted by Crippen LogP contribution is -2.59. The number of carbonyl (C=O) groups excluding carboxylic acids is 2. The Balaban J connectivity index is 1.87. The van der Waals surface area contributed by atoms with E-state index in [0.717, 1.165) is 11.1 Å². The Morgan fingerprint density at radius 1 is 0.791 bits per heavy atom. The maximum atomic E-state index is 14.8. The number of nitrogens with one attached hydrogen (secondary N) is 1. The van der Waals surface area contributed by atoms with Gasteiger partial charge in [0, 0.05) is 25.6 Å². The lowest BCUT2D eigenvalue weighted by atomic mass is 10.0. The van der Waals surface area contributed by atoms with Crippen molar-refractivity contribution in [2.24, 2.45) is 0 Å². The molecule has 43 heavy (non-hydrogen) atoms. The molecule has 3 atom stereocenters. The van der Waals surface area contributed by atoms with Gasteiger partial charge in [0.15, 0.2) is 0 Å². The minimum absolute atomic E-state index is 0.106. The summed E-state index contributed by atoms with van der Waals surface area (Å²) in [6.07, 6.45) is -5.19. The van der Waals surface area contributed by atoms with Crippen molar-refractivity contribution >= 4 is 11.9 Å². The smallest absolute Gasteiger partial charge is 0.405 e. The summed E-state index contributed by atoms with van der Waals surface area (Å²) in [6, 6.07) is 22.8. The van der Waals surface area contributed by atoms with Crippen molar-refractivity contribution in [1.29, 1.82) is 0 Å². The Bertz CT molecular complexity index is 1220. The molecule has 0 radical (unpaired) electrons. The topological polar surface area (TPSA) is 67.9 Å². The molecular weight excluding hydrogens is 557 g/mol. The van der Waals surface area contributed by atoms with Crippen molar-refractivity contribution in [3.05, 3.63) is 108 Å². The number of carbonyl (C=O) groups is 2. The maximum Gasteiger partial charge on any atom is 0.405 e. The van der Waals surface area contributed by atoms with E-state index in [0.29, 0.717) is 5.56 Å². The standard InChI is InChI=1S/C34H41F3N2O4/c1-25(39(22-26-14-8-5-9-15-26)23-27-16-10-6-11-17-27)31(34(35,36)37)38-29(20-21-30(40)43-33(2,3)4)32(41)42-24-28-18-12-7-13-19-28/h5-19,25,29,31,38H,20-24H2,1-4H3/t25-,29-,31?/m0/s1. The molecule has 0 aliphatic rings. The molecule has 3 aromatic rings. The third kappa shape index (κ3) is 11.8. The molecule has 0 aliphatic carbocycles. The second kappa shape index (κ2) is 15.7. The van der Waals surface area contributed by atoms with Crippen molar-refractivity contribution in [1.82, 2.24) is 10.2 Å². The highest BCUT2D eigenvalue weighted by atomic mass is 19.4. The van der Waals surface area contributed by atoms with Crippen molar-refractivity contribution in [2.45, 2.75) is 90.1 Å². The van der Waals surface area contributed by atoms with Crippen LogP contribution in [-0.4, -0.2) is 46.7 Å². The number of halogens is 3. The molecule has 0 saturated heterocycles. The van der Waals surface area contributed by atoms with Crippen LogP contribution in [0.15, 0.2) is 91.0 Å². The summed E-state index contributed by atoms with van der Waals surface area (Å²) in [4.78, 5) is 27.4. The van der Waals surface area contributed by atoms with Gasteiger partial charge in [-0.2, -0.15) is 13.2 Å². The summed E-state index contributed by atoms with van der Waals surface area (Å²) in [5, 5.41) is 2.55. The van der Waals surface area contributed by atoms with E-state index in [1.54, 1.807) is 49.9 Å². The van der Waals surface area contributed by atoms with Gasteiger partial charge in [-0.15, -0.1) is 0 Å². The average molecular weight is 599 g/mol. The predicted octanol–water partition coefficient (Wildman–Crippen LogP) is 6.83. The fraction of sp³-hybridized carbons (Fsp3) is 0.412. The molecule has 0 amide bonds. The van der Waals surface area contributed by atoms with Gasteiger partial charge in [0.2, 0.25) is 0 Å². The van der Waals surface area contributed by atoms with E-state index in [9.17, 15) is 22.8 Å². The molecule has 0 heterocycles. The molecule has 232 valence electrons. The van der Waals surface area contributed by atoms with Crippen molar-refractivity contribution in [2.75, 3.05) is 0 Å². The van der Waals surface area contributed by atoms with Gasteiger partial charge in [0.25, 0.3) is 0 Å². The van der Waals surface area contributed by atoms with Gasteiger partial charge in [-0.05, 0) is 50.8 Å². The number of hydrogen-bond acceptors (Lipinski definition) is 6. The highest BCUT2D eigenvalue weighted by molar-refractivity contribution is 5.77. The molecule has 6 nitrogen and oxygen atoms in total. The highest BCUT2D eigenvalue weighted by Crippen LogP contribution is 2.28. The Labute approximate surface area is 252 Å². The normalized spacial score (nSPS) is 14.1. The van der Waals surface area contributed by atoms with Crippen LogP contribution in [0.5, 0.6) is 0 Å². The average Bonchev–Trinajstić information content (AvgIpc) is 2.95. The molecule has 9 heteroatoms. The minimum atomic E-state index is -4.71. The molecule has 0 aliphatic heterocycles. The van der Waals surface area contributed by atoms with Gasteiger partial charge >= 0.3 is 18.1 Å². The van der Waals surface area contributed by atoms with Crippen molar-refractivity contribution < 1.29 is 32.2 Å². The first-order valence-electron chi connectivity index (χ1n) is 14.4. The zero-order valence-electron chi connectivity index (χ0n) is 25.1. The first-order valence-corrected chi connectivity index (χ1v) is 14.4. The van der Waals surface area contributed by atoms with Crippen LogP contribution >= 0.6 is 0 Å². The molecule has 0 saturated carbocycles. The minimum Gasteiger partial charge on any atom is -0.460 e. The van der Waals surface area contributed by atoms with E-state index < -0.39 is 41.8 Å². The van der Waals surface area contributed by atoms with Gasteiger partial charge in [-0.25, -0.2) is 0 Å². The first-order chi connectivity index (χ1) is 20.3. The van der Waals surface area contributed by atoms with Crippen LogP contribution < -0.4 is 5.32 Å². The number of nitrogens with zero attached hydrogens (tertiary/aromatic N) is 1. The summed E-state index contributed by atoms with van der Waals surface area (Å²) in [7, 11) is 0. The second-order valence-corrected chi connectivity index (χ2v) is 11.6. The maximum absolute atomic E-state index is 14.8. The van der Waals surface area contributed by atoms with Crippen molar-refractivity contribution in [3.63, 3.8) is 0 Å². The third-order valence-corrected chi connectivity index (χ3v) is 6.81. The summed E-state index contributed by atoms with van der Waals surface area (Å²) < 4.78 is 55.1. The number of alkyl halides is 3. The zero-order valence-corrected chi connectivity index (χ0v) is 25.1. The van der Waals surface area contributed by atoms with E-state index in [2.05, 4.69) is 5.32 Å². The Morgan fingerprint density at radius 3 is 1.70 bits per heavy atom. The number of hydrogen-bond donors (Lipinski definition) is 1. The third-order valence-electron chi connectivity index (χ3n) is 6.81. The van der Waals surface area contributed by atoms with Crippen LogP contribution in [-0.2, 0) is 38.8 Å². The quantitative estimate of drug-likeness (QED) is 0.205. The number of rotatable bonds is 14. The molecule has 0 aromatic heterocycles. The number of ether oxygens (including phenoxy) is 2. The van der Waals surface area contributed by atoms with Gasteiger partial charge in [-0.1, -0.05) is 91.0 Å². The van der Waals surface area contributed by atoms with Crippen LogP contribution in [0, 0.1) is 0 Å². The molecular formula is C34H41F3N2O4. The van der Waals surface area contributed by atoms with Crippen LogP contribution in [0.25, 0.3) is 0 Å². The number of esters is 2. The summed E-state index contributed by atoms with van der Waals surface area (Å²) >= 11 is 0. The molecule has 3 aromatic carbocycles. The van der Waals surface area contributed by atoms with Crippen LogP contribution in [0.4, 0.5) is 13.2 Å². The van der Waals surface area contributed by atoms with E-state index in [1.165, 1.54) is 6.92 Å². The summed E-state index contributed by atoms with van der Waals surface area (Å²) in [5.74, 6) is -1.48. The number of benzene rings is 3. The lowest BCUT2D eigenvalue weighted by molar-refractivity contribution is -0.176. The predicted molar refractivity (Wildman–Crippen MR) is 160 cm³/mol. The fourth-order valence-corrected chi connectivity index (χ4v) is 4.67. The van der Waals surface area contributed by atoms with E-state index in [1.807, 2.05) is 66.7 Å². The molecule has 3 rings (SSSR count). The van der Waals surface area contributed by atoms with Crippen LogP contribution in [0.2, 0.25) is 0 Å². The second-order valence-electron chi connectivity index (χ2n) is 11.6. The largest absolute Gasteiger partial charge is 0.460 e. The van der Waals surface area contributed by atoms with E-state index in [4.69, 9.17) is 9.47 Å². The van der Waals surface area contributed by atoms with Crippen LogP contribution in [0.1, 0.15) is 57.2 Å². The van der Waals surface area contributed by atoms with Gasteiger partial charge in [-0.3, -0.25) is 19.8 Å². The summed E-state index contributed by atoms with van der Waals surface area (Å²) in [5.41, 5.74) is 1.64. The molecule has 1 N–H and O–H groups in total. The van der Waals surface area contributed by atoms with Gasteiger partial charge < -0.3 is 9.47 Å². The highest BCUT2D eigenvalue weighted by Gasteiger charge is 2.47. The zero-order chi connectivity index (χ0) is 31.5. The monoisotopic (exact) mass is 598 g/mol. The molecule has 0 fully saturated rings. The summed E-state index contributed by atoms with van der Waals surface area (Å²) in [6.45, 7) is 7.00. The Kier molecular flexibility index (Phi) is 12.3. The fourth-order valence-electron chi connectivity index (χ4n) is 4.67. The lowest BCUT2D eigenvalue weighted by Gasteiger charge is -2.38. The Morgan fingerprint density at radius 2 is 1.26 bits per heavy atom. The Hall–Kier alpha value is -3.69. The first kappa shape index (κ1) is 33.8. The van der Waals surface area contributed by atoms with E-state index in [-0.39, 0.29) is 32.5 Å². The van der Waals surface area contributed by atoms with Crippen LogP contribution in [0.3, 0.4) is 0 Å². The van der Waals surface area contributed by atoms with Crippen molar-refractivity contribution in [3.8, 4) is 0 Å². The van der Waals surface area contributed by atoms with Gasteiger partial charge in [0.1, 0.15) is 24.3 Å². The van der Waals surface area contributed by atoms with Gasteiger partial charge in [0.05, 0.1) is 0 Å². The van der Waals surface area contributed by atoms with E-state index >= 15 is 0 Å².